The molecule has 10 heteroatoms. The minimum absolute atomic E-state index is 0.213. The van der Waals surface area contributed by atoms with Gasteiger partial charge in [0, 0.05) is 42.1 Å². The maximum Gasteiger partial charge on any atom is 0.256 e. The highest BCUT2D eigenvalue weighted by Gasteiger charge is 2.26. The van der Waals surface area contributed by atoms with E-state index >= 15 is 0 Å². The molecule has 3 rings (SSSR count). The van der Waals surface area contributed by atoms with Crippen LogP contribution in [-0.4, -0.2) is 47.5 Å². The molecule has 9 nitrogen and oxygen atoms in total. The Morgan fingerprint density at radius 1 is 1.19 bits per heavy atom. The molecule has 6 N–H and O–H groups in total. The van der Waals surface area contributed by atoms with E-state index in [0.29, 0.717) is 65.4 Å². The van der Waals surface area contributed by atoms with Gasteiger partial charge in [-0.05, 0) is 56.7 Å². The number of aromatic nitrogens is 1. The number of nitrogens with one attached hydrogen (secondary N) is 5. The molecular formula is C22H26FN5O4. The second-order valence-electron chi connectivity index (χ2n) is 7.51. The molecule has 0 atom stereocenters. The van der Waals surface area contributed by atoms with E-state index in [2.05, 4.69) is 20.9 Å². The first-order valence-corrected chi connectivity index (χ1v) is 10.3. The highest BCUT2D eigenvalue weighted by atomic mass is 19.1. The zero-order valence-corrected chi connectivity index (χ0v) is 17.9. The summed E-state index contributed by atoms with van der Waals surface area (Å²) in [5.41, 5.74) is 5.38. The summed E-state index contributed by atoms with van der Waals surface area (Å²) in [6.07, 6.45) is 2.41. The van der Waals surface area contributed by atoms with Crippen LogP contribution in [0.25, 0.3) is 11.6 Å². The van der Waals surface area contributed by atoms with Crippen molar-refractivity contribution >= 4 is 35.1 Å². The molecule has 2 heterocycles. The summed E-state index contributed by atoms with van der Waals surface area (Å²) < 4.78 is 13.7. The predicted molar refractivity (Wildman–Crippen MR) is 118 cm³/mol. The number of hydrogen-bond acceptors (Lipinski definition) is 5. The lowest BCUT2D eigenvalue weighted by molar-refractivity contribution is -0.129. The number of fused-ring (bicyclic) bond motifs is 1. The van der Waals surface area contributed by atoms with Crippen molar-refractivity contribution < 1.29 is 24.0 Å². The molecule has 0 radical (unpaired) electrons. The molecule has 0 bridgehead atoms. The molecule has 170 valence electrons. The summed E-state index contributed by atoms with van der Waals surface area (Å²) in [5, 5.41) is 17.1. The fourth-order valence-electron chi connectivity index (χ4n) is 3.61. The lowest BCUT2D eigenvalue weighted by Gasteiger charge is -2.07. The van der Waals surface area contributed by atoms with Crippen molar-refractivity contribution in [3.8, 4) is 0 Å². The minimum atomic E-state index is -0.437. The zero-order valence-electron chi connectivity index (χ0n) is 17.9. The Hall–Kier alpha value is -3.50. The topological polar surface area (TPSA) is 135 Å². The highest BCUT2D eigenvalue weighted by Crippen LogP contribution is 2.34. The number of carbonyl (C=O) groups is 3. The van der Waals surface area contributed by atoms with Crippen LogP contribution in [0.5, 0.6) is 0 Å². The van der Waals surface area contributed by atoms with Crippen molar-refractivity contribution in [3.63, 3.8) is 0 Å². The number of benzene rings is 1. The first kappa shape index (κ1) is 23.2. The van der Waals surface area contributed by atoms with Crippen LogP contribution in [0, 0.1) is 19.7 Å². The molecule has 1 aliphatic rings. The summed E-state index contributed by atoms with van der Waals surface area (Å²) in [4.78, 5) is 39.1. The van der Waals surface area contributed by atoms with Gasteiger partial charge in [0.05, 0.1) is 11.1 Å². The monoisotopic (exact) mass is 443 g/mol. The maximum atomic E-state index is 13.7. The van der Waals surface area contributed by atoms with Crippen molar-refractivity contribution in [3.05, 3.63) is 52.1 Å². The van der Waals surface area contributed by atoms with Gasteiger partial charge in [-0.1, -0.05) is 0 Å². The summed E-state index contributed by atoms with van der Waals surface area (Å²) in [5.74, 6) is -1.45. The van der Waals surface area contributed by atoms with Gasteiger partial charge < -0.3 is 20.9 Å². The average molecular weight is 443 g/mol. The van der Waals surface area contributed by atoms with Crippen LogP contribution in [0.3, 0.4) is 0 Å². The number of hydrogen-bond donors (Lipinski definition) is 6. The standard InChI is InChI=1S/C22H26FN5O4/c1-12-18(11-16-15-10-14(23)5-6-17(15)27-21(16)30)26-13(2)20(12)22(31)25-9-8-24-7-3-4-19(29)28-32/h5-6,10-11,24,26,32H,3-4,7-9H2,1-2H3,(H,25,31)(H,27,30)(H,28,29)/b16-11-. The lowest BCUT2D eigenvalue weighted by Crippen LogP contribution is -2.33. The highest BCUT2D eigenvalue weighted by molar-refractivity contribution is 6.34. The summed E-state index contributed by atoms with van der Waals surface area (Å²) >= 11 is 0. The smallest absolute Gasteiger partial charge is 0.256 e. The number of H-pyrrole nitrogens is 1. The number of anilines is 1. The minimum Gasteiger partial charge on any atom is -0.358 e. The maximum absolute atomic E-state index is 13.7. The van der Waals surface area contributed by atoms with E-state index in [1.54, 1.807) is 25.4 Å². The van der Waals surface area contributed by atoms with Crippen molar-refractivity contribution in [2.75, 3.05) is 25.0 Å². The molecule has 3 amide bonds. The van der Waals surface area contributed by atoms with E-state index in [1.807, 2.05) is 0 Å². The summed E-state index contributed by atoms with van der Waals surface area (Å²) in [6.45, 7) is 5.05. The van der Waals surface area contributed by atoms with Gasteiger partial charge in [-0.3, -0.25) is 19.6 Å². The second kappa shape index (κ2) is 10.2. The molecule has 0 saturated carbocycles. The van der Waals surface area contributed by atoms with Gasteiger partial charge in [-0.25, -0.2) is 9.87 Å². The molecule has 1 aliphatic heterocycles. The molecule has 1 aromatic carbocycles. The van der Waals surface area contributed by atoms with Crippen molar-refractivity contribution in [1.29, 1.82) is 0 Å². The number of rotatable bonds is 9. The van der Waals surface area contributed by atoms with Crippen LogP contribution in [-0.2, 0) is 9.59 Å². The molecular weight excluding hydrogens is 417 g/mol. The number of aryl methyl sites for hydroxylation is 1. The Bertz CT molecular complexity index is 1080. The van der Waals surface area contributed by atoms with Gasteiger partial charge in [-0.15, -0.1) is 0 Å². The molecule has 0 saturated heterocycles. The van der Waals surface area contributed by atoms with Crippen LogP contribution in [0.1, 0.15) is 45.7 Å². The number of halogens is 1. The number of carbonyl (C=O) groups excluding carboxylic acids is 3. The third kappa shape index (κ3) is 5.21. The Balaban J connectivity index is 1.62. The lowest BCUT2D eigenvalue weighted by atomic mass is 10.0. The van der Waals surface area contributed by atoms with Gasteiger partial charge in [0.1, 0.15) is 5.82 Å². The van der Waals surface area contributed by atoms with Crippen molar-refractivity contribution in [2.45, 2.75) is 26.7 Å². The number of hydroxylamine groups is 1. The van der Waals surface area contributed by atoms with Crippen molar-refractivity contribution in [1.82, 2.24) is 21.1 Å². The van der Waals surface area contributed by atoms with Gasteiger partial charge >= 0.3 is 0 Å². The fraction of sp³-hybridized carbons (Fsp3) is 0.318. The van der Waals surface area contributed by atoms with E-state index < -0.39 is 11.7 Å². The molecule has 0 unspecified atom stereocenters. The SMILES string of the molecule is Cc1[nH]c(/C=C2\C(=O)Nc3ccc(F)cc32)c(C)c1C(=O)NCCNCCCC(=O)NO. The van der Waals surface area contributed by atoms with E-state index in [1.165, 1.54) is 18.2 Å². The van der Waals surface area contributed by atoms with Gasteiger partial charge in [0.15, 0.2) is 0 Å². The number of amides is 3. The third-order valence-corrected chi connectivity index (χ3v) is 5.23. The van der Waals surface area contributed by atoms with Crippen LogP contribution in [0.15, 0.2) is 18.2 Å². The van der Waals surface area contributed by atoms with Gasteiger partial charge in [0.25, 0.3) is 11.8 Å². The van der Waals surface area contributed by atoms with E-state index in [0.717, 1.165) is 0 Å². The molecule has 0 aliphatic carbocycles. The number of aromatic amines is 1. The Morgan fingerprint density at radius 2 is 1.97 bits per heavy atom. The van der Waals surface area contributed by atoms with Gasteiger partial charge in [0.2, 0.25) is 5.91 Å². The zero-order chi connectivity index (χ0) is 23.3. The fourth-order valence-corrected chi connectivity index (χ4v) is 3.61. The molecule has 0 spiro atoms. The third-order valence-electron chi connectivity index (χ3n) is 5.23. The molecule has 0 fully saturated rings. The van der Waals surface area contributed by atoms with E-state index in [9.17, 15) is 18.8 Å². The Morgan fingerprint density at radius 3 is 2.72 bits per heavy atom. The van der Waals surface area contributed by atoms with E-state index in [-0.39, 0.29) is 18.2 Å². The Labute approximate surface area is 184 Å². The van der Waals surface area contributed by atoms with Crippen LogP contribution < -0.4 is 21.4 Å². The van der Waals surface area contributed by atoms with Crippen LogP contribution in [0.4, 0.5) is 10.1 Å². The van der Waals surface area contributed by atoms with Crippen LogP contribution in [0.2, 0.25) is 0 Å². The normalized spacial score (nSPS) is 13.8. The molecule has 2 aromatic rings. The largest absolute Gasteiger partial charge is 0.358 e. The predicted octanol–water partition coefficient (Wildman–Crippen LogP) is 1.87. The van der Waals surface area contributed by atoms with Crippen molar-refractivity contribution in [2.24, 2.45) is 0 Å². The first-order chi connectivity index (χ1) is 15.3. The first-order valence-electron chi connectivity index (χ1n) is 10.3. The van der Waals surface area contributed by atoms with Crippen LogP contribution >= 0.6 is 0 Å². The van der Waals surface area contributed by atoms with E-state index in [4.69, 9.17) is 5.21 Å². The molecule has 32 heavy (non-hydrogen) atoms. The Kier molecular flexibility index (Phi) is 7.39. The summed E-state index contributed by atoms with van der Waals surface area (Å²) in [7, 11) is 0. The van der Waals surface area contributed by atoms with Gasteiger partial charge in [-0.2, -0.15) is 0 Å². The second-order valence-corrected chi connectivity index (χ2v) is 7.51. The quantitative estimate of drug-likeness (QED) is 0.152. The molecule has 1 aromatic heterocycles. The summed E-state index contributed by atoms with van der Waals surface area (Å²) in [6, 6.07) is 4.11. The average Bonchev–Trinajstić information content (AvgIpc) is 3.22.